The molecule has 2 heterocycles. The molecule has 1 aliphatic rings. The molecular weight excluding hydrogens is 337 g/mol. The van der Waals surface area contributed by atoms with Crippen LogP contribution in [0.5, 0.6) is 0 Å². The highest BCUT2D eigenvalue weighted by Gasteiger charge is 2.30. The van der Waals surface area contributed by atoms with Crippen LogP contribution in [0.25, 0.3) is 22.3 Å². The van der Waals surface area contributed by atoms with Crippen LogP contribution in [0.15, 0.2) is 60.9 Å². The molecule has 3 aromatic rings. The second-order valence-corrected chi connectivity index (χ2v) is 6.40. The molecule has 0 atom stereocenters. The van der Waals surface area contributed by atoms with Crippen molar-refractivity contribution in [2.24, 2.45) is 0 Å². The van der Waals surface area contributed by atoms with E-state index in [0.717, 1.165) is 53.9 Å². The number of halogens is 3. The summed E-state index contributed by atoms with van der Waals surface area (Å²) in [5.41, 5.74) is 5.69. The monoisotopic (exact) mass is 354 g/mol. The number of fused-ring (bicyclic) bond motifs is 1. The minimum atomic E-state index is -4.32. The molecule has 0 saturated carbocycles. The number of alkyl halides is 3. The molecule has 0 radical (unpaired) electrons. The zero-order valence-electron chi connectivity index (χ0n) is 14.0. The van der Waals surface area contributed by atoms with E-state index < -0.39 is 11.7 Å². The molecule has 5 heteroatoms. The Hall–Kier alpha value is -2.66. The van der Waals surface area contributed by atoms with Gasteiger partial charge in [-0.15, -0.1) is 0 Å². The first kappa shape index (κ1) is 16.8. The van der Waals surface area contributed by atoms with E-state index in [1.165, 1.54) is 11.1 Å². The molecule has 0 amide bonds. The van der Waals surface area contributed by atoms with E-state index in [2.05, 4.69) is 22.4 Å². The molecule has 4 rings (SSSR count). The molecule has 1 N–H and O–H groups in total. The van der Waals surface area contributed by atoms with Gasteiger partial charge < -0.3 is 5.32 Å². The second-order valence-electron chi connectivity index (χ2n) is 6.40. The SMILES string of the molecule is FC(F)(F)c1ccc(-c2cc(-c3ccncc3)cc3c2CCNC3)cc1. The standard InChI is InChI=1S/C21H17F3N2/c22-21(23,24)18-3-1-15(2-4-18)20-12-16(14-5-8-25-9-6-14)11-17-13-26-10-7-19(17)20/h1-6,8-9,11-12,26H,7,10,13H2. The molecular formula is C21H17F3N2. The van der Waals surface area contributed by atoms with Crippen LogP contribution in [0.3, 0.4) is 0 Å². The average Bonchev–Trinajstić information content (AvgIpc) is 2.67. The first-order valence-electron chi connectivity index (χ1n) is 8.47. The average molecular weight is 354 g/mol. The zero-order chi connectivity index (χ0) is 18.1. The first-order valence-corrected chi connectivity index (χ1v) is 8.47. The Bertz CT molecular complexity index is 916. The van der Waals surface area contributed by atoms with Crippen LogP contribution < -0.4 is 5.32 Å². The van der Waals surface area contributed by atoms with Crippen molar-refractivity contribution in [3.8, 4) is 22.3 Å². The van der Waals surface area contributed by atoms with E-state index in [1.807, 2.05) is 12.1 Å². The smallest absolute Gasteiger partial charge is 0.312 e. The highest BCUT2D eigenvalue weighted by Crippen LogP contribution is 2.36. The third-order valence-electron chi connectivity index (χ3n) is 4.75. The number of nitrogens with one attached hydrogen (secondary N) is 1. The Labute approximate surface area is 149 Å². The molecule has 132 valence electrons. The quantitative estimate of drug-likeness (QED) is 0.694. The van der Waals surface area contributed by atoms with E-state index in [9.17, 15) is 13.2 Å². The molecule has 1 aromatic heterocycles. The van der Waals surface area contributed by atoms with Crippen molar-refractivity contribution in [3.05, 3.63) is 77.6 Å². The number of nitrogens with zero attached hydrogens (tertiary/aromatic N) is 1. The predicted octanol–water partition coefficient (Wildman–Crippen LogP) is 5.08. The first-order chi connectivity index (χ1) is 12.5. The molecule has 0 spiro atoms. The number of hydrogen-bond acceptors (Lipinski definition) is 2. The van der Waals surface area contributed by atoms with Gasteiger partial charge in [-0.1, -0.05) is 12.1 Å². The van der Waals surface area contributed by atoms with Crippen molar-refractivity contribution >= 4 is 0 Å². The van der Waals surface area contributed by atoms with Gasteiger partial charge in [0, 0.05) is 18.9 Å². The topological polar surface area (TPSA) is 24.9 Å². The maximum atomic E-state index is 12.9. The Morgan fingerprint density at radius 2 is 1.58 bits per heavy atom. The normalized spacial score (nSPS) is 14.1. The van der Waals surface area contributed by atoms with Crippen molar-refractivity contribution in [2.75, 3.05) is 6.54 Å². The number of pyridine rings is 1. The molecule has 0 saturated heterocycles. The Morgan fingerprint density at radius 1 is 0.846 bits per heavy atom. The Balaban J connectivity index is 1.84. The largest absolute Gasteiger partial charge is 0.416 e. The number of rotatable bonds is 2. The van der Waals surface area contributed by atoms with Gasteiger partial charge >= 0.3 is 6.18 Å². The molecule has 1 aliphatic heterocycles. The van der Waals surface area contributed by atoms with Gasteiger partial charge in [0.15, 0.2) is 0 Å². The van der Waals surface area contributed by atoms with Crippen molar-refractivity contribution < 1.29 is 13.2 Å². The lowest BCUT2D eigenvalue weighted by Gasteiger charge is -2.22. The lowest BCUT2D eigenvalue weighted by molar-refractivity contribution is -0.137. The molecule has 0 aliphatic carbocycles. The van der Waals surface area contributed by atoms with Crippen molar-refractivity contribution in [1.82, 2.24) is 10.3 Å². The van der Waals surface area contributed by atoms with Crippen LogP contribution in [0.1, 0.15) is 16.7 Å². The summed E-state index contributed by atoms with van der Waals surface area (Å²) >= 11 is 0. The lowest BCUT2D eigenvalue weighted by Crippen LogP contribution is -2.24. The summed E-state index contributed by atoms with van der Waals surface area (Å²) in [6.45, 7) is 1.64. The van der Waals surface area contributed by atoms with E-state index >= 15 is 0 Å². The van der Waals surface area contributed by atoms with Crippen molar-refractivity contribution in [3.63, 3.8) is 0 Å². The van der Waals surface area contributed by atoms with Gasteiger partial charge in [0.25, 0.3) is 0 Å². The minimum Gasteiger partial charge on any atom is -0.312 e. The maximum Gasteiger partial charge on any atom is 0.416 e. The van der Waals surface area contributed by atoms with Crippen molar-refractivity contribution in [1.29, 1.82) is 0 Å². The number of hydrogen-bond donors (Lipinski definition) is 1. The molecule has 26 heavy (non-hydrogen) atoms. The summed E-state index contributed by atoms with van der Waals surface area (Å²) < 4.78 is 38.6. The van der Waals surface area contributed by atoms with Crippen LogP contribution in [0.4, 0.5) is 13.2 Å². The predicted molar refractivity (Wildman–Crippen MR) is 95.5 cm³/mol. The van der Waals surface area contributed by atoms with Crippen molar-refractivity contribution in [2.45, 2.75) is 19.1 Å². The van der Waals surface area contributed by atoms with Crippen LogP contribution >= 0.6 is 0 Å². The van der Waals surface area contributed by atoms with Crippen LogP contribution in [0, 0.1) is 0 Å². The van der Waals surface area contributed by atoms with Gasteiger partial charge in [0.1, 0.15) is 0 Å². The molecule has 0 fully saturated rings. The maximum absolute atomic E-state index is 12.9. The van der Waals surface area contributed by atoms with Gasteiger partial charge in [-0.3, -0.25) is 4.98 Å². The van der Waals surface area contributed by atoms with E-state index in [-0.39, 0.29) is 0 Å². The number of aromatic nitrogens is 1. The second kappa shape index (κ2) is 6.57. The molecule has 2 nitrogen and oxygen atoms in total. The Morgan fingerprint density at radius 3 is 2.27 bits per heavy atom. The Kier molecular flexibility index (Phi) is 4.24. The molecule has 2 aromatic carbocycles. The molecule has 0 bridgehead atoms. The summed E-state index contributed by atoms with van der Waals surface area (Å²) in [7, 11) is 0. The highest BCUT2D eigenvalue weighted by molar-refractivity contribution is 5.77. The fraction of sp³-hybridized carbons (Fsp3) is 0.190. The highest BCUT2D eigenvalue weighted by atomic mass is 19.4. The summed E-state index contributed by atoms with van der Waals surface area (Å²) in [5, 5.41) is 3.37. The summed E-state index contributed by atoms with van der Waals surface area (Å²) in [6.07, 6.45) is 0.0265. The van der Waals surface area contributed by atoms with E-state index in [1.54, 1.807) is 24.5 Å². The summed E-state index contributed by atoms with van der Waals surface area (Å²) in [6, 6.07) is 13.5. The van der Waals surface area contributed by atoms with Crippen LogP contribution in [-0.2, 0) is 19.1 Å². The molecule has 0 unspecified atom stereocenters. The van der Waals surface area contributed by atoms with Gasteiger partial charge in [0.2, 0.25) is 0 Å². The zero-order valence-corrected chi connectivity index (χ0v) is 14.0. The number of benzene rings is 2. The summed E-state index contributed by atoms with van der Waals surface area (Å²) in [4.78, 5) is 4.05. The lowest BCUT2D eigenvalue weighted by atomic mass is 9.87. The van der Waals surface area contributed by atoms with Crippen LogP contribution in [0.2, 0.25) is 0 Å². The van der Waals surface area contributed by atoms with Gasteiger partial charge in [-0.2, -0.15) is 13.2 Å². The van der Waals surface area contributed by atoms with E-state index in [4.69, 9.17) is 0 Å². The third-order valence-corrected chi connectivity index (χ3v) is 4.75. The fourth-order valence-corrected chi connectivity index (χ4v) is 3.43. The summed E-state index contributed by atoms with van der Waals surface area (Å²) in [5.74, 6) is 0. The fourth-order valence-electron chi connectivity index (χ4n) is 3.43. The van der Waals surface area contributed by atoms with Gasteiger partial charge in [-0.25, -0.2) is 0 Å². The van der Waals surface area contributed by atoms with Gasteiger partial charge in [-0.05, 0) is 82.7 Å². The minimum absolute atomic E-state index is 0.623. The third kappa shape index (κ3) is 3.22. The van der Waals surface area contributed by atoms with Crippen LogP contribution in [-0.4, -0.2) is 11.5 Å². The van der Waals surface area contributed by atoms with Gasteiger partial charge in [0.05, 0.1) is 5.56 Å². The van der Waals surface area contributed by atoms with E-state index in [0.29, 0.717) is 0 Å².